The molecule has 0 spiro atoms. The first-order valence-electron chi connectivity index (χ1n) is 11.1. The molecule has 3 aromatic carbocycles. The maximum absolute atomic E-state index is 13.6. The van der Waals surface area contributed by atoms with E-state index in [1.165, 1.54) is 34.9 Å². The monoisotopic (exact) mass is 531 g/mol. The molecule has 4 rings (SSSR count). The highest BCUT2D eigenvalue weighted by Crippen LogP contribution is 2.36. The fourth-order valence-electron chi connectivity index (χ4n) is 3.65. The van der Waals surface area contributed by atoms with E-state index in [9.17, 15) is 22.8 Å². The number of guanidine groups is 1. The Kier molecular flexibility index (Phi) is 7.65. The van der Waals surface area contributed by atoms with Crippen LogP contribution >= 0.6 is 11.6 Å². The van der Waals surface area contributed by atoms with Crippen LogP contribution in [0.1, 0.15) is 22.3 Å². The number of aromatic nitrogens is 2. The van der Waals surface area contributed by atoms with Gasteiger partial charge in [0.15, 0.2) is 0 Å². The van der Waals surface area contributed by atoms with Crippen molar-refractivity contribution < 1.29 is 23.1 Å². The highest BCUT2D eigenvalue weighted by molar-refractivity contribution is 6.31. The largest absolute Gasteiger partial charge is 0.418 e. The zero-order valence-electron chi connectivity index (χ0n) is 19.1. The van der Waals surface area contributed by atoms with Crippen molar-refractivity contribution in [3.8, 4) is 0 Å². The summed E-state index contributed by atoms with van der Waals surface area (Å²) in [7, 11) is 0. The number of nitrogens with one attached hydrogen (secondary N) is 3. The first-order valence-corrected chi connectivity index (χ1v) is 11.5. The molecule has 1 amide bonds. The van der Waals surface area contributed by atoms with Crippen molar-refractivity contribution >= 4 is 45.9 Å². The molecular formula is C25H21ClF3N5O3. The molecule has 0 unspecified atom stereocenters. The van der Waals surface area contributed by atoms with Crippen molar-refractivity contribution in [2.24, 2.45) is 4.99 Å². The number of halogens is 4. The zero-order chi connectivity index (χ0) is 26.6. The fraction of sp³-hybridized carbons (Fsp3) is 0.160. The molecule has 192 valence electrons. The number of aryl methyl sites for hydroxylation is 1. The van der Waals surface area contributed by atoms with Gasteiger partial charge >= 0.3 is 11.9 Å². The van der Waals surface area contributed by atoms with Gasteiger partial charge in [0.25, 0.3) is 5.91 Å². The fourth-order valence-corrected chi connectivity index (χ4v) is 3.84. The second-order valence-corrected chi connectivity index (χ2v) is 8.39. The van der Waals surface area contributed by atoms with Crippen LogP contribution in [0.3, 0.4) is 0 Å². The number of hydrogen-bond donors (Lipinski definition) is 4. The summed E-state index contributed by atoms with van der Waals surface area (Å²) in [5.41, 5.74) is -0.222. The van der Waals surface area contributed by atoms with Gasteiger partial charge in [0.05, 0.1) is 22.3 Å². The number of anilines is 1. The van der Waals surface area contributed by atoms with Gasteiger partial charge in [-0.1, -0.05) is 29.8 Å². The van der Waals surface area contributed by atoms with E-state index in [4.69, 9.17) is 16.7 Å². The molecule has 37 heavy (non-hydrogen) atoms. The molecule has 0 aliphatic carbocycles. The molecule has 0 aliphatic rings. The van der Waals surface area contributed by atoms with Gasteiger partial charge in [-0.2, -0.15) is 13.2 Å². The van der Waals surface area contributed by atoms with Gasteiger partial charge in [-0.3, -0.25) is 14.7 Å². The molecule has 0 aliphatic heterocycles. The van der Waals surface area contributed by atoms with Gasteiger partial charge < -0.3 is 15.4 Å². The average Bonchev–Trinajstić information content (AvgIpc) is 3.16. The lowest BCUT2D eigenvalue weighted by molar-refractivity contribution is -0.137. The van der Waals surface area contributed by atoms with Crippen molar-refractivity contribution in [3.05, 3.63) is 93.4 Å². The van der Waals surface area contributed by atoms with Gasteiger partial charge in [-0.05, 0) is 55.0 Å². The van der Waals surface area contributed by atoms with Crippen LogP contribution in [-0.2, 0) is 12.7 Å². The molecule has 1 heterocycles. The molecule has 12 heteroatoms. The summed E-state index contributed by atoms with van der Waals surface area (Å²) in [5.74, 6) is -0.929. The SMILES string of the molecule is O=C(NC(=Nc1ccccc1C(F)(F)F)Nc1ccc2[nH]c(=O)n(CCCO)c2c1)c1cccc(Cl)c1. The van der Waals surface area contributed by atoms with Crippen LogP contribution in [0.15, 0.2) is 76.5 Å². The van der Waals surface area contributed by atoms with Crippen molar-refractivity contribution in [3.63, 3.8) is 0 Å². The van der Waals surface area contributed by atoms with E-state index in [0.29, 0.717) is 28.2 Å². The van der Waals surface area contributed by atoms with Gasteiger partial charge in [-0.15, -0.1) is 0 Å². The topological polar surface area (TPSA) is 112 Å². The number of carbonyl (C=O) groups is 1. The van der Waals surface area contributed by atoms with Crippen molar-refractivity contribution in [2.45, 2.75) is 19.1 Å². The van der Waals surface area contributed by atoms with Crippen LogP contribution in [-0.4, -0.2) is 33.1 Å². The van der Waals surface area contributed by atoms with Crippen molar-refractivity contribution in [1.29, 1.82) is 0 Å². The number of carbonyl (C=O) groups excluding carboxylic acids is 1. The van der Waals surface area contributed by atoms with E-state index in [1.54, 1.807) is 30.3 Å². The van der Waals surface area contributed by atoms with Crippen LogP contribution in [0.25, 0.3) is 11.0 Å². The van der Waals surface area contributed by atoms with Gasteiger partial charge in [0, 0.05) is 29.4 Å². The number of rotatable bonds is 6. The lowest BCUT2D eigenvalue weighted by atomic mass is 10.2. The lowest BCUT2D eigenvalue weighted by Gasteiger charge is -2.14. The minimum atomic E-state index is -4.67. The normalized spacial score (nSPS) is 12.1. The number of nitrogens with zero attached hydrogens (tertiary/aromatic N) is 2. The molecule has 0 bridgehead atoms. The predicted octanol–water partition coefficient (Wildman–Crippen LogP) is 4.91. The number of imidazole rings is 1. The van der Waals surface area contributed by atoms with E-state index < -0.39 is 23.3 Å². The third-order valence-electron chi connectivity index (χ3n) is 5.34. The summed E-state index contributed by atoms with van der Waals surface area (Å²) in [4.78, 5) is 31.9. The molecule has 0 saturated carbocycles. The van der Waals surface area contributed by atoms with E-state index >= 15 is 0 Å². The molecule has 8 nitrogen and oxygen atoms in total. The summed E-state index contributed by atoms with van der Waals surface area (Å²) in [6.07, 6.45) is -4.32. The Morgan fingerprint density at radius 2 is 1.86 bits per heavy atom. The summed E-state index contributed by atoms with van der Waals surface area (Å²) in [6.45, 7) is 0.145. The Morgan fingerprint density at radius 3 is 2.59 bits per heavy atom. The van der Waals surface area contributed by atoms with Crippen LogP contribution < -0.4 is 16.3 Å². The number of hydrogen-bond acceptors (Lipinski definition) is 4. The predicted molar refractivity (Wildman–Crippen MR) is 135 cm³/mol. The van der Waals surface area contributed by atoms with Gasteiger partial charge in [0.2, 0.25) is 5.96 Å². The molecule has 4 aromatic rings. The Bertz CT molecular complexity index is 1530. The van der Waals surface area contributed by atoms with Crippen molar-refractivity contribution in [1.82, 2.24) is 14.9 Å². The number of H-pyrrole nitrogens is 1. The Morgan fingerprint density at radius 1 is 1.08 bits per heavy atom. The third kappa shape index (κ3) is 6.19. The number of aromatic amines is 1. The van der Waals surface area contributed by atoms with E-state index in [2.05, 4.69) is 20.6 Å². The third-order valence-corrected chi connectivity index (χ3v) is 5.57. The Labute approximate surface area is 213 Å². The van der Waals surface area contributed by atoms with Crippen LogP contribution in [0.5, 0.6) is 0 Å². The van der Waals surface area contributed by atoms with E-state index in [0.717, 1.165) is 6.07 Å². The maximum Gasteiger partial charge on any atom is 0.418 e. The number of alkyl halides is 3. The number of aliphatic imine (C=N–C) groups is 1. The van der Waals surface area contributed by atoms with Gasteiger partial charge in [0.1, 0.15) is 0 Å². The number of fused-ring (bicyclic) bond motifs is 1. The molecule has 0 saturated heterocycles. The summed E-state index contributed by atoms with van der Waals surface area (Å²) in [6, 6.07) is 15.5. The summed E-state index contributed by atoms with van der Waals surface area (Å²) < 4.78 is 42.2. The van der Waals surface area contributed by atoms with Crippen LogP contribution in [0.4, 0.5) is 24.5 Å². The molecule has 0 radical (unpaired) electrons. The number of para-hydroxylation sites is 1. The number of aliphatic hydroxyl groups is 1. The highest BCUT2D eigenvalue weighted by atomic mass is 35.5. The zero-order valence-corrected chi connectivity index (χ0v) is 19.9. The second kappa shape index (κ2) is 10.9. The maximum atomic E-state index is 13.6. The smallest absolute Gasteiger partial charge is 0.396 e. The van der Waals surface area contributed by atoms with Gasteiger partial charge in [-0.25, -0.2) is 9.79 Å². The van der Waals surface area contributed by atoms with E-state index in [1.807, 2.05) is 0 Å². The highest BCUT2D eigenvalue weighted by Gasteiger charge is 2.33. The van der Waals surface area contributed by atoms with Crippen LogP contribution in [0.2, 0.25) is 5.02 Å². The standard InChI is InChI=1S/C25H21ClF3N5O3/c26-16-6-3-5-15(13-16)22(36)33-23(31-19-8-2-1-7-18(19)25(27,28)29)30-17-9-10-20-21(14-17)34(11-4-12-35)24(37)32-20/h1-3,5-10,13-14,35H,4,11-12H2,(H,32,37)(H2,30,31,33,36). The first kappa shape index (κ1) is 26.0. The minimum Gasteiger partial charge on any atom is -0.396 e. The summed E-state index contributed by atoms with van der Waals surface area (Å²) in [5, 5.41) is 14.8. The average molecular weight is 532 g/mol. The van der Waals surface area contributed by atoms with E-state index in [-0.39, 0.29) is 30.4 Å². The first-order chi connectivity index (χ1) is 17.7. The Balaban J connectivity index is 1.75. The van der Waals surface area contributed by atoms with Crippen molar-refractivity contribution in [2.75, 3.05) is 11.9 Å². The Hall–Kier alpha value is -4.09. The number of amides is 1. The molecule has 4 N–H and O–H groups in total. The number of aliphatic hydroxyl groups excluding tert-OH is 1. The quantitative estimate of drug-likeness (QED) is 0.209. The molecule has 0 atom stereocenters. The second-order valence-electron chi connectivity index (χ2n) is 7.96. The minimum absolute atomic E-state index is 0.109. The molecular weight excluding hydrogens is 511 g/mol. The van der Waals surface area contributed by atoms with Crippen LogP contribution in [0, 0.1) is 0 Å². The molecule has 0 fully saturated rings. The lowest BCUT2D eigenvalue weighted by Crippen LogP contribution is -2.36. The summed E-state index contributed by atoms with van der Waals surface area (Å²) >= 11 is 5.97. The number of benzene rings is 3. The molecule has 1 aromatic heterocycles.